The lowest BCUT2D eigenvalue weighted by Gasteiger charge is -2.10. The third kappa shape index (κ3) is 5.96. The quantitative estimate of drug-likeness (QED) is 0.407. The van der Waals surface area contributed by atoms with E-state index in [-0.39, 0.29) is 24.4 Å². The Labute approximate surface area is 178 Å². The summed E-state index contributed by atoms with van der Waals surface area (Å²) in [6.07, 6.45) is 1.43. The predicted octanol–water partition coefficient (Wildman–Crippen LogP) is 3.92. The number of aromatic hydroxyl groups is 1. The maximum atomic E-state index is 12.0. The van der Waals surface area contributed by atoms with Crippen molar-refractivity contribution in [1.29, 1.82) is 0 Å². The summed E-state index contributed by atoms with van der Waals surface area (Å²) in [5.41, 5.74) is 3.69. The molecule has 0 unspecified atom stereocenters. The van der Waals surface area contributed by atoms with Crippen LogP contribution in [0.3, 0.4) is 0 Å². The topological polar surface area (TPSA) is 112 Å². The molecule has 1 heterocycles. The fourth-order valence-corrected chi connectivity index (χ4v) is 3.03. The highest BCUT2D eigenvalue weighted by Gasteiger charge is 2.09. The van der Waals surface area contributed by atoms with Crippen LogP contribution in [0.15, 0.2) is 60.8 Å². The highest BCUT2D eigenvalue weighted by molar-refractivity contribution is 6.31. The van der Waals surface area contributed by atoms with Crippen LogP contribution in [0.5, 0.6) is 5.75 Å². The molecular formula is C22H20ClN3O4. The molecule has 1 aromatic heterocycles. The van der Waals surface area contributed by atoms with E-state index in [2.05, 4.69) is 15.6 Å². The van der Waals surface area contributed by atoms with Gasteiger partial charge < -0.3 is 20.8 Å². The monoisotopic (exact) mass is 425 g/mol. The van der Waals surface area contributed by atoms with Gasteiger partial charge in [0, 0.05) is 35.6 Å². The SMILES string of the molecule is O=C(O)CCNC(=O)c1ccc(-c2cc(Cl)cc(CNc3ccc(O)cc3)c2)cn1. The van der Waals surface area contributed by atoms with Gasteiger partial charge in [0.2, 0.25) is 0 Å². The highest BCUT2D eigenvalue weighted by atomic mass is 35.5. The van der Waals surface area contributed by atoms with Crippen molar-refractivity contribution in [1.82, 2.24) is 10.3 Å². The van der Waals surface area contributed by atoms with Crippen molar-refractivity contribution in [2.75, 3.05) is 11.9 Å². The molecular weight excluding hydrogens is 406 g/mol. The predicted molar refractivity (Wildman–Crippen MR) is 115 cm³/mol. The molecule has 8 heteroatoms. The van der Waals surface area contributed by atoms with Crippen molar-refractivity contribution >= 4 is 29.2 Å². The average molecular weight is 426 g/mol. The minimum Gasteiger partial charge on any atom is -0.508 e. The van der Waals surface area contributed by atoms with Gasteiger partial charge in [-0.1, -0.05) is 17.7 Å². The van der Waals surface area contributed by atoms with Gasteiger partial charge in [-0.2, -0.15) is 0 Å². The Kier molecular flexibility index (Phi) is 6.87. The molecule has 0 aliphatic carbocycles. The Morgan fingerprint density at radius 2 is 1.77 bits per heavy atom. The summed E-state index contributed by atoms with van der Waals surface area (Å²) in [5, 5.41) is 24.3. The minimum absolute atomic E-state index is 0.0449. The first kappa shape index (κ1) is 21.1. The molecule has 7 nitrogen and oxygen atoms in total. The highest BCUT2D eigenvalue weighted by Crippen LogP contribution is 2.25. The first-order valence-corrected chi connectivity index (χ1v) is 9.57. The number of nitrogens with one attached hydrogen (secondary N) is 2. The number of carboxylic acids is 1. The van der Waals surface area contributed by atoms with E-state index in [1.54, 1.807) is 42.6 Å². The number of carbonyl (C=O) groups excluding carboxylic acids is 1. The number of aromatic nitrogens is 1. The van der Waals surface area contributed by atoms with E-state index >= 15 is 0 Å². The van der Waals surface area contributed by atoms with Crippen molar-refractivity contribution in [3.05, 3.63) is 77.1 Å². The van der Waals surface area contributed by atoms with E-state index in [0.717, 1.165) is 22.4 Å². The standard InChI is InChI=1S/C22H20ClN3O4/c23-17-10-14(12-25-18-2-4-19(27)5-3-18)9-16(11-17)15-1-6-20(26-13-15)22(30)24-8-7-21(28)29/h1-6,9-11,13,25,27H,7-8,12H2,(H,24,30)(H,28,29). The van der Waals surface area contributed by atoms with E-state index in [9.17, 15) is 14.7 Å². The van der Waals surface area contributed by atoms with Crippen molar-refractivity contribution in [3.63, 3.8) is 0 Å². The van der Waals surface area contributed by atoms with Crippen molar-refractivity contribution in [3.8, 4) is 16.9 Å². The largest absolute Gasteiger partial charge is 0.508 e. The molecule has 30 heavy (non-hydrogen) atoms. The fourth-order valence-electron chi connectivity index (χ4n) is 2.77. The third-order valence-corrected chi connectivity index (χ3v) is 4.49. The van der Waals surface area contributed by atoms with Gasteiger partial charge in [0.05, 0.1) is 6.42 Å². The van der Waals surface area contributed by atoms with Gasteiger partial charge in [-0.25, -0.2) is 0 Å². The molecule has 0 bridgehead atoms. The van der Waals surface area contributed by atoms with Gasteiger partial charge >= 0.3 is 5.97 Å². The molecule has 2 aromatic carbocycles. The Balaban J connectivity index is 1.68. The normalized spacial score (nSPS) is 10.4. The van der Waals surface area contributed by atoms with Crippen LogP contribution in [-0.4, -0.2) is 33.6 Å². The lowest BCUT2D eigenvalue weighted by molar-refractivity contribution is -0.136. The molecule has 0 spiro atoms. The molecule has 0 aliphatic heterocycles. The summed E-state index contributed by atoms with van der Waals surface area (Å²) in [4.78, 5) is 26.7. The number of hydrogen-bond acceptors (Lipinski definition) is 5. The van der Waals surface area contributed by atoms with Crippen molar-refractivity contribution in [2.24, 2.45) is 0 Å². The number of aliphatic carboxylic acids is 1. The van der Waals surface area contributed by atoms with Gasteiger partial charge in [0.25, 0.3) is 5.91 Å². The minimum atomic E-state index is -0.977. The van der Waals surface area contributed by atoms with E-state index in [1.807, 2.05) is 18.2 Å². The van der Waals surface area contributed by atoms with Crippen molar-refractivity contribution in [2.45, 2.75) is 13.0 Å². The lowest BCUT2D eigenvalue weighted by atomic mass is 10.0. The summed E-state index contributed by atoms with van der Waals surface area (Å²) in [6, 6.07) is 15.8. The van der Waals surface area contributed by atoms with Crippen LogP contribution in [0.25, 0.3) is 11.1 Å². The Bertz CT molecular complexity index is 1040. The number of phenolic OH excluding ortho intramolecular Hbond substituents is 1. The van der Waals surface area contributed by atoms with Gasteiger partial charge in [-0.05, 0) is 59.7 Å². The molecule has 0 radical (unpaired) electrons. The maximum Gasteiger partial charge on any atom is 0.305 e. The fraction of sp³-hybridized carbons (Fsp3) is 0.136. The number of pyridine rings is 1. The van der Waals surface area contributed by atoms with E-state index in [1.165, 1.54) is 0 Å². The smallest absolute Gasteiger partial charge is 0.305 e. The van der Waals surface area contributed by atoms with Crippen LogP contribution >= 0.6 is 11.6 Å². The van der Waals surface area contributed by atoms with Crippen LogP contribution in [0.4, 0.5) is 5.69 Å². The summed E-state index contributed by atoms with van der Waals surface area (Å²) < 4.78 is 0. The molecule has 0 aliphatic rings. The molecule has 3 aromatic rings. The number of carboxylic acid groups (broad SMARTS) is 1. The number of amides is 1. The zero-order valence-corrected chi connectivity index (χ0v) is 16.7. The number of anilines is 1. The number of benzene rings is 2. The Hall–Kier alpha value is -3.58. The second-order valence-electron chi connectivity index (χ2n) is 6.58. The Morgan fingerprint density at radius 3 is 2.43 bits per heavy atom. The number of nitrogens with zero attached hydrogens (tertiary/aromatic N) is 1. The van der Waals surface area contributed by atoms with Crippen LogP contribution in [0.1, 0.15) is 22.5 Å². The van der Waals surface area contributed by atoms with E-state index in [4.69, 9.17) is 16.7 Å². The van der Waals surface area contributed by atoms with Gasteiger partial charge in [-0.15, -0.1) is 0 Å². The molecule has 0 fully saturated rings. The number of carbonyl (C=O) groups is 2. The van der Waals surface area contributed by atoms with Crippen LogP contribution in [0.2, 0.25) is 5.02 Å². The van der Waals surface area contributed by atoms with Gasteiger partial charge in [0.1, 0.15) is 11.4 Å². The number of rotatable bonds is 8. The first-order chi connectivity index (χ1) is 14.4. The summed E-state index contributed by atoms with van der Waals surface area (Å²) >= 11 is 6.27. The zero-order chi connectivity index (χ0) is 21.5. The average Bonchev–Trinajstić information content (AvgIpc) is 2.73. The van der Waals surface area contributed by atoms with Crippen molar-refractivity contribution < 1.29 is 19.8 Å². The summed E-state index contributed by atoms with van der Waals surface area (Å²) in [5.74, 6) is -1.19. The maximum absolute atomic E-state index is 12.0. The summed E-state index contributed by atoms with van der Waals surface area (Å²) in [6.45, 7) is 0.582. The number of hydrogen-bond donors (Lipinski definition) is 4. The molecule has 3 rings (SSSR count). The first-order valence-electron chi connectivity index (χ1n) is 9.19. The van der Waals surface area contributed by atoms with Crippen LogP contribution in [-0.2, 0) is 11.3 Å². The van der Waals surface area contributed by atoms with Crippen LogP contribution < -0.4 is 10.6 Å². The second-order valence-corrected chi connectivity index (χ2v) is 7.02. The Morgan fingerprint density at radius 1 is 1.00 bits per heavy atom. The van der Waals surface area contributed by atoms with Crippen LogP contribution in [0, 0.1) is 0 Å². The second kappa shape index (κ2) is 9.76. The zero-order valence-electron chi connectivity index (χ0n) is 15.9. The van der Waals surface area contributed by atoms with Gasteiger partial charge in [0.15, 0.2) is 0 Å². The lowest BCUT2D eigenvalue weighted by Crippen LogP contribution is -2.26. The molecule has 0 saturated heterocycles. The number of phenols is 1. The molecule has 0 atom stereocenters. The molecule has 4 N–H and O–H groups in total. The number of halogens is 1. The van der Waals surface area contributed by atoms with Gasteiger partial charge in [-0.3, -0.25) is 14.6 Å². The van der Waals surface area contributed by atoms with E-state index in [0.29, 0.717) is 11.6 Å². The summed E-state index contributed by atoms with van der Waals surface area (Å²) in [7, 11) is 0. The van der Waals surface area contributed by atoms with E-state index < -0.39 is 11.9 Å². The third-order valence-electron chi connectivity index (χ3n) is 4.28. The molecule has 0 saturated carbocycles. The molecule has 1 amide bonds. The molecule has 154 valence electrons.